The highest BCUT2D eigenvalue weighted by Crippen LogP contribution is 2.41. The number of nitrogens with zero attached hydrogens (tertiary/aromatic N) is 1. The van der Waals surface area contributed by atoms with Gasteiger partial charge in [0.05, 0.1) is 11.1 Å². The Kier molecular flexibility index (Phi) is 8.31. The third-order valence-corrected chi connectivity index (χ3v) is 4.67. The number of primary amides is 1. The van der Waals surface area contributed by atoms with Crippen molar-refractivity contribution in [1.29, 1.82) is 0 Å². The minimum absolute atomic E-state index is 0.0644. The molecule has 0 unspecified atom stereocenters. The van der Waals surface area contributed by atoms with Gasteiger partial charge in [-0.25, -0.2) is 4.39 Å². The summed E-state index contributed by atoms with van der Waals surface area (Å²) in [7, 11) is 4.59. The minimum Gasteiger partial charge on any atom is -0.510 e. The van der Waals surface area contributed by atoms with E-state index < -0.39 is 69.6 Å². The monoisotopic (exact) mass is 569 g/mol. The number of aromatic nitrogens is 1. The van der Waals surface area contributed by atoms with E-state index in [9.17, 15) is 40.3 Å². The van der Waals surface area contributed by atoms with Crippen molar-refractivity contribution >= 4 is 41.0 Å². The molecule has 2 aromatic carbocycles. The van der Waals surface area contributed by atoms with E-state index >= 15 is 0 Å². The zero-order valence-electron chi connectivity index (χ0n) is 20.8. The van der Waals surface area contributed by atoms with Crippen molar-refractivity contribution in [3.8, 4) is 23.0 Å². The predicted molar refractivity (Wildman–Crippen MR) is 134 cm³/mol. The van der Waals surface area contributed by atoms with E-state index in [0.717, 1.165) is 30.5 Å². The fraction of sp³-hybridized carbons (Fsp3) is 0.136. The summed E-state index contributed by atoms with van der Waals surface area (Å²) >= 11 is 0. The second kappa shape index (κ2) is 11.0. The number of halogens is 7. The van der Waals surface area contributed by atoms with Gasteiger partial charge >= 0.3 is 12.5 Å². The van der Waals surface area contributed by atoms with Gasteiger partial charge in [0.2, 0.25) is 0 Å². The molecule has 0 bridgehead atoms. The van der Waals surface area contributed by atoms with Crippen molar-refractivity contribution in [3.05, 3.63) is 71.3 Å². The number of nitrogens with two attached hydrogens (primary N) is 1. The lowest BCUT2D eigenvalue weighted by Crippen LogP contribution is -2.37. The summed E-state index contributed by atoms with van der Waals surface area (Å²) in [5, 5.41) is 1.23. The number of pyridine rings is 1. The van der Waals surface area contributed by atoms with Crippen molar-refractivity contribution < 1.29 is 54.5 Å². The van der Waals surface area contributed by atoms with Gasteiger partial charge in [-0.1, -0.05) is 0 Å². The van der Waals surface area contributed by atoms with Crippen LogP contribution >= 0.6 is 0 Å². The zero-order valence-corrected chi connectivity index (χ0v) is 20.8. The second-order valence-electron chi connectivity index (χ2n) is 9.05. The molecule has 0 aliphatic carbocycles. The average Bonchev–Trinajstić information content (AvgIpc) is 2.78. The predicted octanol–water partition coefficient (Wildman–Crippen LogP) is 2.17. The van der Waals surface area contributed by atoms with Crippen LogP contribution in [0.4, 0.5) is 36.4 Å². The molecule has 0 aliphatic heterocycles. The topological polar surface area (TPSA) is 113 Å². The van der Waals surface area contributed by atoms with Gasteiger partial charge in [0.25, 0.3) is 11.8 Å². The molecule has 0 aliphatic rings. The van der Waals surface area contributed by atoms with Crippen LogP contribution in [0.1, 0.15) is 26.4 Å². The summed E-state index contributed by atoms with van der Waals surface area (Å²) in [6.45, 7) is 0. The van der Waals surface area contributed by atoms with Gasteiger partial charge in [-0.15, -0.1) is 13.2 Å². The summed E-state index contributed by atoms with van der Waals surface area (Å²) in [6, 6.07) is 5.26. The van der Waals surface area contributed by atoms with Crippen molar-refractivity contribution in [1.82, 2.24) is 4.98 Å². The van der Waals surface area contributed by atoms with Crippen LogP contribution in [-0.2, 0) is 6.18 Å². The van der Waals surface area contributed by atoms with E-state index in [2.05, 4.69) is 15.0 Å². The first-order valence-electron chi connectivity index (χ1n) is 11.1. The number of benzene rings is 2. The molecule has 0 fully saturated rings. The summed E-state index contributed by atoms with van der Waals surface area (Å²) < 4.78 is 108. The summed E-state index contributed by atoms with van der Waals surface area (Å²) in [4.78, 5) is 28.0. The summed E-state index contributed by atoms with van der Waals surface area (Å²) in [5.74, 6) is -6.27. The fourth-order valence-electron chi connectivity index (χ4n) is 3.17. The average molecular weight is 569 g/mol. The molecule has 1 aromatic heterocycles. The molecule has 40 heavy (non-hydrogen) atoms. The lowest BCUT2D eigenvalue weighted by Gasteiger charge is -2.25. The Balaban J connectivity index is 2.11. The number of amides is 2. The Morgan fingerprint density at radius 2 is 1.55 bits per heavy atom. The van der Waals surface area contributed by atoms with Crippen LogP contribution in [0.25, 0.3) is 0 Å². The minimum atomic E-state index is -5.20. The molecule has 0 saturated carbocycles. The third-order valence-electron chi connectivity index (χ3n) is 4.67. The number of nitrogens with one attached hydrogen (secondary N) is 1. The third kappa shape index (κ3) is 8.07. The SMILES string of the molecule is BC(B)(B)Oc1cc(OC(F)(F)F)ccc1Oc1cc(C(F)(F)F)c(F)cc1C(=O)Nc1ccnc(C(N)=O)c1. The van der Waals surface area contributed by atoms with Crippen molar-refractivity contribution in [2.75, 3.05) is 5.32 Å². The number of carbonyl (C=O) groups excluding carboxylic acids is 2. The molecule has 18 heteroatoms. The first kappa shape index (κ1) is 30.2. The number of rotatable bonds is 8. The Labute approximate surface area is 224 Å². The maximum Gasteiger partial charge on any atom is 0.573 e. The maximum atomic E-state index is 14.5. The van der Waals surface area contributed by atoms with E-state index in [1.54, 1.807) is 0 Å². The summed E-state index contributed by atoms with van der Waals surface area (Å²) in [5.41, 5.74) is 2.31. The van der Waals surface area contributed by atoms with Crippen LogP contribution in [-0.4, -0.2) is 52.0 Å². The molecule has 8 nitrogen and oxygen atoms in total. The van der Waals surface area contributed by atoms with Gasteiger partial charge in [-0.05, 0) is 36.4 Å². The first-order valence-corrected chi connectivity index (χ1v) is 11.1. The van der Waals surface area contributed by atoms with Gasteiger partial charge in [0.15, 0.2) is 11.5 Å². The molecule has 0 saturated heterocycles. The lowest BCUT2D eigenvalue weighted by atomic mass is 9.52. The lowest BCUT2D eigenvalue weighted by molar-refractivity contribution is -0.274. The Hall–Kier alpha value is -4.37. The molecule has 2 amide bonds. The van der Waals surface area contributed by atoms with E-state index in [4.69, 9.17) is 15.2 Å². The number of anilines is 1. The smallest absolute Gasteiger partial charge is 0.510 e. The summed E-state index contributed by atoms with van der Waals surface area (Å²) in [6.07, 6.45) is -9.15. The molecule has 1 heterocycles. The van der Waals surface area contributed by atoms with Gasteiger partial charge in [-0.2, -0.15) is 13.2 Å². The van der Waals surface area contributed by atoms with Crippen molar-refractivity contribution in [2.24, 2.45) is 5.73 Å². The molecule has 3 N–H and O–H groups in total. The molecule has 0 atom stereocenters. The second-order valence-corrected chi connectivity index (χ2v) is 9.05. The van der Waals surface area contributed by atoms with Gasteiger partial charge in [0.1, 0.15) is 46.5 Å². The molecule has 0 radical (unpaired) electrons. The molecular weight excluding hydrogens is 552 g/mol. The van der Waals surface area contributed by atoms with Crippen LogP contribution in [0.2, 0.25) is 0 Å². The highest BCUT2D eigenvalue weighted by molar-refractivity contribution is 6.58. The van der Waals surface area contributed by atoms with Gasteiger partial charge < -0.3 is 25.3 Å². The van der Waals surface area contributed by atoms with Crippen LogP contribution in [0.15, 0.2) is 48.7 Å². The van der Waals surface area contributed by atoms with E-state index in [1.165, 1.54) is 29.6 Å². The largest absolute Gasteiger partial charge is 0.573 e. The van der Waals surface area contributed by atoms with Crippen LogP contribution < -0.4 is 25.3 Å². The Morgan fingerprint density at radius 3 is 2.12 bits per heavy atom. The Bertz CT molecular complexity index is 1450. The van der Waals surface area contributed by atoms with E-state index in [-0.39, 0.29) is 23.5 Å². The number of alkyl halides is 6. The molecule has 3 aromatic rings. The van der Waals surface area contributed by atoms with Gasteiger partial charge in [0, 0.05) is 23.2 Å². The number of carbonyl (C=O) groups is 2. The van der Waals surface area contributed by atoms with Crippen molar-refractivity contribution in [3.63, 3.8) is 0 Å². The zero-order chi connectivity index (χ0) is 30.0. The number of hydrogen-bond donors (Lipinski definition) is 2. The molecule has 208 valence electrons. The number of hydrogen-bond acceptors (Lipinski definition) is 6. The molecule has 0 spiro atoms. The van der Waals surface area contributed by atoms with Crippen LogP contribution in [0.5, 0.6) is 23.0 Å². The normalized spacial score (nSPS) is 12.0. The first-order chi connectivity index (χ1) is 18.3. The van der Waals surface area contributed by atoms with Crippen LogP contribution in [0.3, 0.4) is 0 Å². The van der Waals surface area contributed by atoms with Crippen molar-refractivity contribution in [2.45, 2.75) is 17.8 Å². The highest BCUT2D eigenvalue weighted by atomic mass is 19.4. The molecule has 3 rings (SSSR count). The quantitative estimate of drug-likeness (QED) is 0.318. The standard InChI is InChI=1S/C22H17B3F7N3O5/c23-21(24,25)40-17-6-10(39-22(30,31)32)1-2-15(17)38-16-8-12(20(27,28)29)13(26)7-11(16)19(37)35-9-3-4-34-14(5-9)18(33)36/h1-8H,23-25H2,(H2,33,36)(H,34,35,37). The highest BCUT2D eigenvalue weighted by Gasteiger charge is 2.36. The van der Waals surface area contributed by atoms with E-state index in [1.807, 2.05) is 0 Å². The number of ether oxygens (including phenoxy) is 3. The van der Waals surface area contributed by atoms with Crippen LogP contribution in [0, 0.1) is 5.82 Å². The molecular formula is C22H17B3F7N3O5. The van der Waals surface area contributed by atoms with Gasteiger partial charge in [-0.3, -0.25) is 14.6 Å². The maximum absolute atomic E-state index is 14.5. The fourth-order valence-corrected chi connectivity index (χ4v) is 3.17. The van der Waals surface area contributed by atoms with E-state index in [0.29, 0.717) is 0 Å². The Morgan fingerprint density at radius 1 is 0.875 bits per heavy atom.